The van der Waals surface area contributed by atoms with E-state index in [0.29, 0.717) is 23.5 Å². The number of carbonyl (C=O) groups is 1. The van der Waals surface area contributed by atoms with Crippen LogP contribution in [0.1, 0.15) is 54.7 Å². The molecule has 4 rings (SSSR count). The summed E-state index contributed by atoms with van der Waals surface area (Å²) in [6.07, 6.45) is -3.90. The van der Waals surface area contributed by atoms with Crippen molar-refractivity contribution in [2.24, 2.45) is 7.05 Å². The van der Waals surface area contributed by atoms with Crippen molar-refractivity contribution in [3.8, 4) is 11.4 Å². The first-order valence-corrected chi connectivity index (χ1v) is 11.4. The molecule has 0 unspecified atom stereocenters. The Balaban J connectivity index is 1.80. The molecule has 1 atom stereocenters. The number of aromatic nitrogens is 3. The van der Waals surface area contributed by atoms with Gasteiger partial charge in [-0.15, -0.1) is 5.10 Å². The van der Waals surface area contributed by atoms with Gasteiger partial charge in [0.1, 0.15) is 40.4 Å². The summed E-state index contributed by atoms with van der Waals surface area (Å²) in [4.78, 5) is 25.6. The topological polar surface area (TPSA) is 78.2 Å². The van der Waals surface area contributed by atoms with E-state index in [9.17, 15) is 31.5 Å². The lowest BCUT2D eigenvalue weighted by Gasteiger charge is -2.20. The van der Waals surface area contributed by atoms with Crippen LogP contribution in [0.2, 0.25) is 0 Å². The van der Waals surface area contributed by atoms with Gasteiger partial charge < -0.3 is 10.1 Å². The number of rotatable bonds is 6. The lowest BCUT2D eigenvalue weighted by molar-refractivity contribution is -0.189. The van der Waals surface area contributed by atoms with Crippen molar-refractivity contribution in [3.63, 3.8) is 0 Å². The predicted octanol–water partition coefficient (Wildman–Crippen LogP) is 5.23. The van der Waals surface area contributed by atoms with Gasteiger partial charge in [0.25, 0.3) is 5.91 Å². The Hall–Kier alpha value is -3.77. The number of nitrogens with zero attached hydrogens (tertiary/aromatic N) is 3. The molecule has 0 radical (unpaired) electrons. The van der Waals surface area contributed by atoms with Gasteiger partial charge in [-0.25, -0.2) is 18.0 Å². The number of alkyl halides is 3. The van der Waals surface area contributed by atoms with Crippen LogP contribution in [-0.2, 0) is 7.05 Å². The highest BCUT2D eigenvalue weighted by Gasteiger charge is 2.39. The molecule has 7 nitrogen and oxygen atoms in total. The molecule has 13 heteroatoms. The van der Waals surface area contributed by atoms with Gasteiger partial charge in [0.05, 0.1) is 5.56 Å². The molecule has 1 amide bonds. The number of nitrogens with one attached hydrogen (secondary N) is 1. The van der Waals surface area contributed by atoms with E-state index in [1.165, 1.54) is 11.6 Å². The number of halogens is 6. The summed E-state index contributed by atoms with van der Waals surface area (Å²) in [7, 11) is 1.45. The molecule has 0 spiro atoms. The number of para-hydroxylation sites is 1. The van der Waals surface area contributed by atoms with Crippen LogP contribution in [0.25, 0.3) is 5.69 Å². The average Bonchev–Trinajstić information content (AvgIpc) is 3.45. The summed E-state index contributed by atoms with van der Waals surface area (Å²) in [5.74, 6) is -5.25. The van der Waals surface area contributed by atoms with Crippen LogP contribution in [0.4, 0.5) is 32.0 Å². The molecule has 3 aromatic rings. The van der Waals surface area contributed by atoms with Gasteiger partial charge in [0.15, 0.2) is 6.10 Å². The van der Waals surface area contributed by atoms with E-state index >= 15 is 4.39 Å². The largest absolute Gasteiger partial charge is 0.480 e. The maximum Gasteiger partial charge on any atom is 0.425 e. The number of benzene rings is 2. The zero-order valence-electron chi connectivity index (χ0n) is 19.7. The van der Waals surface area contributed by atoms with E-state index in [2.05, 4.69) is 5.10 Å². The minimum absolute atomic E-state index is 0.0382. The number of amides is 1. The van der Waals surface area contributed by atoms with Gasteiger partial charge >= 0.3 is 11.9 Å². The molecule has 37 heavy (non-hydrogen) atoms. The monoisotopic (exact) mass is 528 g/mol. The molecule has 0 saturated heterocycles. The Morgan fingerprint density at radius 2 is 1.73 bits per heavy atom. The normalized spacial score (nSPS) is 15.1. The van der Waals surface area contributed by atoms with Gasteiger partial charge in [-0.2, -0.15) is 17.9 Å². The van der Waals surface area contributed by atoms with Gasteiger partial charge in [-0.3, -0.25) is 9.36 Å². The maximum atomic E-state index is 15.2. The van der Waals surface area contributed by atoms with E-state index in [1.807, 2.05) is 5.32 Å². The van der Waals surface area contributed by atoms with Crippen molar-refractivity contribution >= 4 is 11.6 Å². The lowest BCUT2D eigenvalue weighted by Crippen LogP contribution is -2.32. The van der Waals surface area contributed by atoms with Gasteiger partial charge in [-0.1, -0.05) is 18.9 Å². The number of carbonyl (C=O) groups excluding carboxylic acids is 1. The molecule has 1 heterocycles. The predicted molar refractivity (Wildman–Crippen MR) is 120 cm³/mol. The van der Waals surface area contributed by atoms with E-state index in [1.54, 1.807) is 0 Å². The fourth-order valence-corrected chi connectivity index (χ4v) is 4.18. The quantitative estimate of drug-likeness (QED) is 0.445. The molecule has 198 valence electrons. The third-order valence-corrected chi connectivity index (χ3v) is 6.22. The molecule has 0 aliphatic heterocycles. The van der Waals surface area contributed by atoms with Crippen molar-refractivity contribution in [2.45, 2.75) is 50.8 Å². The molecular weight excluding hydrogens is 506 g/mol. The lowest BCUT2D eigenvalue weighted by atomic mass is 10.1. The Bertz CT molecular complexity index is 1370. The zero-order valence-corrected chi connectivity index (χ0v) is 19.7. The number of hydrogen-bond donors (Lipinski definition) is 1. The minimum Gasteiger partial charge on any atom is -0.480 e. The highest BCUT2D eigenvalue weighted by Crippen LogP contribution is 2.34. The van der Waals surface area contributed by atoms with E-state index in [-0.39, 0.29) is 5.92 Å². The Morgan fingerprint density at radius 3 is 2.32 bits per heavy atom. The van der Waals surface area contributed by atoms with Crippen molar-refractivity contribution in [1.29, 1.82) is 0 Å². The molecule has 1 aromatic heterocycles. The van der Waals surface area contributed by atoms with Crippen LogP contribution in [0, 0.1) is 17.5 Å². The summed E-state index contributed by atoms with van der Waals surface area (Å²) >= 11 is 0. The smallest absolute Gasteiger partial charge is 0.425 e. The molecule has 1 N–H and O–H groups in total. The van der Waals surface area contributed by atoms with Crippen LogP contribution in [0.5, 0.6) is 5.75 Å². The molecule has 1 saturated carbocycles. The SMILES string of the molecule is C[C@H](Oc1cc(-n2nc(C3CCCC3)n(C)c2=O)c(F)cc1C(=O)Nc1c(F)cccc1F)C(F)(F)F. The standard InChI is InChI=1S/C24H22F6N4O3/c1-12(24(28,29)30)37-19-11-18(34-23(36)33(2)21(32-34)13-6-3-4-7-13)17(27)10-14(19)22(35)31-20-15(25)8-5-9-16(20)26/h5,8-13H,3-4,6-7H2,1-2H3,(H,31,35)/t12-/m0/s1. The van der Waals surface area contributed by atoms with Crippen molar-refractivity contribution in [2.75, 3.05) is 5.32 Å². The highest BCUT2D eigenvalue weighted by atomic mass is 19.4. The third kappa shape index (κ3) is 5.20. The summed E-state index contributed by atoms with van der Waals surface area (Å²) in [6.45, 7) is 0.659. The number of ether oxygens (including phenoxy) is 1. The summed E-state index contributed by atoms with van der Waals surface area (Å²) in [6, 6.07) is 4.00. The van der Waals surface area contributed by atoms with Crippen LogP contribution in [0.3, 0.4) is 0 Å². The fourth-order valence-electron chi connectivity index (χ4n) is 4.18. The van der Waals surface area contributed by atoms with Crippen molar-refractivity contribution in [1.82, 2.24) is 14.3 Å². The molecule has 2 aromatic carbocycles. The second kappa shape index (κ2) is 9.94. The van der Waals surface area contributed by atoms with E-state index in [0.717, 1.165) is 49.9 Å². The van der Waals surface area contributed by atoms with Crippen LogP contribution in [-0.4, -0.2) is 32.5 Å². The van der Waals surface area contributed by atoms with Crippen molar-refractivity contribution in [3.05, 3.63) is 69.7 Å². The average molecular weight is 528 g/mol. The molecular formula is C24H22F6N4O3. The first-order valence-electron chi connectivity index (χ1n) is 11.4. The maximum absolute atomic E-state index is 15.2. The zero-order chi connectivity index (χ0) is 27.1. The third-order valence-electron chi connectivity index (χ3n) is 6.22. The van der Waals surface area contributed by atoms with Crippen LogP contribution >= 0.6 is 0 Å². The van der Waals surface area contributed by atoms with Crippen LogP contribution in [0.15, 0.2) is 35.1 Å². The summed E-state index contributed by atoms with van der Waals surface area (Å²) in [5.41, 5.74) is -2.96. The molecule has 0 bridgehead atoms. The van der Waals surface area contributed by atoms with Gasteiger partial charge in [0.2, 0.25) is 0 Å². The Morgan fingerprint density at radius 1 is 1.11 bits per heavy atom. The van der Waals surface area contributed by atoms with Gasteiger partial charge in [-0.05, 0) is 38.0 Å². The molecule has 1 aliphatic rings. The number of hydrogen-bond acceptors (Lipinski definition) is 4. The Labute approximate surface area is 206 Å². The van der Waals surface area contributed by atoms with Crippen LogP contribution < -0.4 is 15.7 Å². The fraction of sp³-hybridized carbons (Fsp3) is 0.375. The second-order valence-electron chi connectivity index (χ2n) is 8.75. The van der Waals surface area contributed by atoms with E-state index in [4.69, 9.17) is 4.74 Å². The minimum atomic E-state index is -4.86. The summed E-state index contributed by atoms with van der Waals surface area (Å²) in [5, 5.41) is 6.10. The molecule has 1 fully saturated rings. The molecule has 1 aliphatic carbocycles. The number of anilines is 1. The van der Waals surface area contributed by atoms with Crippen molar-refractivity contribution < 1.29 is 35.9 Å². The van der Waals surface area contributed by atoms with E-state index < -0.39 is 64.0 Å². The van der Waals surface area contributed by atoms with Gasteiger partial charge in [0, 0.05) is 19.0 Å². The highest BCUT2D eigenvalue weighted by molar-refractivity contribution is 6.06. The Kier molecular flexibility index (Phi) is 7.07. The first kappa shape index (κ1) is 26.3. The second-order valence-corrected chi connectivity index (χ2v) is 8.75. The first-order chi connectivity index (χ1) is 17.4. The summed E-state index contributed by atoms with van der Waals surface area (Å²) < 4.78 is 89.8.